The molecular weight excluding hydrogens is 650 g/mol. The Kier molecular flexibility index (Phi) is 9.50. The molecule has 264 valence electrons. The number of imidazole rings is 2. The number of ether oxygens (including phenoxy) is 1. The number of hydrogen-bond donors (Lipinski definition) is 5. The molecule has 5 heterocycles. The first-order valence-electron chi connectivity index (χ1n) is 16.3. The van der Waals surface area contributed by atoms with E-state index in [1.807, 2.05) is 31.2 Å². The molecule has 4 aromatic heterocycles. The number of anilines is 2. The van der Waals surface area contributed by atoms with Crippen LogP contribution >= 0.6 is 0 Å². The molecule has 6 rings (SSSR count). The van der Waals surface area contributed by atoms with Crippen LogP contribution in [0.2, 0.25) is 0 Å². The first kappa shape index (κ1) is 34.4. The Morgan fingerprint density at radius 2 is 1.64 bits per heavy atom. The maximum Gasteiger partial charge on any atom is 0.332 e. The zero-order valence-corrected chi connectivity index (χ0v) is 28.0. The highest BCUT2D eigenvalue weighted by molar-refractivity contribution is 5.92. The van der Waals surface area contributed by atoms with Crippen LogP contribution in [-0.4, -0.2) is 85.1 Å². The molecule has 0 aliphatic carbocycles. The normalized spacial score (nSPS) is 19.0. The van der Waals surface area contributed by atoms with Gasteiger partial charge in [-0.25, -0.2) is 14.8 Å². The molecule has 0 bridgehead atoms. The fourth-order valence-electron chi connectivity index (χ4n) is 6.19. The summed E-state index contributed by atoms with van der Waals surface area (Å²) in [5, 5.41) is 26.3. The van der Waals surface area contributed by atoms with E-state index in [1.54, 1.807) is 25.5 Å². The van der Waals surface area contributed by atoms with Crippen LogP contribution in [0.3, 0.4) is 0 Å². The zero-order chi connectivity index (χ0) is 35.9. The number of rotatable bonds is 11. The fraction of sp³-hybridized carbons (Fsp3) is 0.438. The van der Waals surface area contributed by atoms with Gasteiger partial charge in [0.15, 0.2) is 35.0 Å². The SMILES string of the molecule is CCNC(=O)C1O[C@@H](n2cnc3c(N)nc(NC(=O)Cc4ccc(CCc5nc6c(c(=O)n(CC)c(=O)n6CC)n5C)cc4)nc32)[C@H](O)[C@@H]1O. The molecule has 50 heavy (non-hydrogen) atoms. The van der Waals surface area contributed by atoms with Crippen molar-refractivity contribution >= 4 is 45.9 Å². The van der Waals surface area contributed by atoms with E-state index in [1.165, 1.54) is 20.0 Å². The summed E-state index contributed by atoms with van der Waals surface area (Å²) in [6, 6.07) is 7.49. The largest absolute Gasteiger partial charge is 0.387 e. The second-order valence-corrected chi connectivity index (χ2v) is 12.0. The van der Waals surface area contributed by atoms with Crippen LogP contribution in [0.15, 0.2) is 40.2 Å². The molecule has 0 radical (unpaired) electrons. The summed E-state index contributed by atoms with van der Waals surface area (Å²) in [4.78, 5) is 68.4. The standard InChI is InChI=1S/C32H39N11O7/c1-5-34-28(47)24-22(45)23(46)30(50-24)43-15-35-20-25(33)38-31(39-26(20)43)37-19(44)14-17-10-8-16(9-11-17)12-13-18-36-27-21(40(18)4)29(48)42(7-3)32(49)41(27)6-2/h8-11,15,22-24,30,45-46H,5-7,12-14H2,1-4H3,(H,34,47)(H3,33,37,38,39,44)/t22-,23+,24?,30+/m0/s1. The van der Waals surface area contributed by atoms with E-state index in [0.717, 1.165) is 11.1 Å². The predicted molar refractivity (Wildman–Crippen MR) is 181 cm³/mol. The lowest BCUT2D eigenvalue weighted by molar-refractivity contribution is -0.137. The number of carbonyl (C=O) groups is 2. The van der Waals surface area contributed by atoms with Crippen molar-refractivity contribution in [3.8, 4) is 0 Å². The highest BCUT2D eigenvalue weighted by Crippen LogP contribution is 2.32. The summed E-state index contributed by atoms with van der Waals surface area (Å²) >= 11 is 0. The van der Waals surface area contributed by atoms with Gasteiger partial charge in [0.25, 0.3) is 11.5 Å². The highest BCUT2D eigenvalue weighted by Gasteiger charge is 2.47. The summed E-state index contributed by atoms with van der Waals surface area (Å²) in [6.45, 7) is 6.30. The predicted octanol–water partition coefficient (Wildman–Crippen LogP) is -0.620. The van der Waals surface area contributed by atoms with E-state index in [0.29, 0.717) is 42.9 Å². The third-order valence-electron chi connectivity index (χ3n) is 8.81. The van der Waals surface area contributed by atoms with Crippen molar-refractivity contribution in [2.24, 2.45) is 7.05 Å². The van der Waals surface area contributed by atoms with E-state index in [-0.39, 0.29) is 47.1 Å². The van der Waals surface area contributed by atoms with Crippen LogP contribution in [0, 0.1) is 0 Å². The Labute approximate surface area is 284 Å². The minimum Gasteiger partial charge on any atom is -0.387 e. The van der Waals surface area contributed by atoms with Gasteiger partial charge in [-0.2, -0.15) is 9.97 Å². The topological polar surface area (TPSA) is 239 Å². The quantitative estimate of drug-likeness (QED) is 0.117. The summed E-state index contributed by atoms with van der Waals surface area (Å²) < 4.78 is 11.5. The molecule has 1 aromatic carbocycles. The van der Waals surface area contributed by atoms with Gasteiger partial charge in [-0.15, -0.1) is 0 Å². The minimum atomic E-state index is -1.50. The Morgan fingerprint density at radius 1 is 0.940 bits per heavy atom. The van der Waals surface area contributed by atoms with Crippen molar-refractivity contribution in [3.63, 3.8) is 0 Å². The van der Waals surface area contributed by atoms with Gasteiger partial charge in [0.1, 0.15) is 23.5 Å². The van der Waals surface area contributed by atoms with Crippen LogP contribution in [-0.2, 0) is 53.7 Å². The van der Waals surface area contributed by atoms with Crippen molar-refractivity contribution in [3.05, 3.63) is 68.4 Å². The van der Waals surface area contributed by atoms with E-state index in [2.05, 4.69) is 30.6 Å². The number of nitrogens with two attached hydrogens (primary N) is 1. The highest BCUT2D eigenvalue weighted by atomic mass is 16.6. The van der Waals surface area contributed by atoms with Gasteiger partial charge in [0.2, 0.25) is 11.9 Å². The van der Waals surface area contributed by atoms with E-state index < -0.39 is 36.4 Å². The number of hydrogen-bond acceptors (Lipinski definition) is 12. The van der Waals surface area contributed by atoms with Gasteiger partial charge in [0.05, 0.1) is 12.7 Å². The number of fused-ring (bicyclic) bond motifs is 2. The minimum absolute atomic E-state index is 0.00864. The lowest BCUT2D eigenvalue weighted by Crippen LogP contribution is -2.42. The van der Waals surface area contributed by atoms with Gasteiger partial charge in [-0.3, -0.25) is 33.4 Å². The van der Waals surface area contributed by atoms with Crippen LogP contribution in [0.5, 0.6) is 0 Å². The second kappa shape index (κ2) is 13.8. The second-order valence-electron chi connectivity index (χ2n) is 12.0. The number of aliphatic hydroxyl groups is 2. The number of carbonyl (C=O) groups excluding carboxylic acids is 2. The number of aryl methyl sites for hydroxylation is 4. The molecule has 1 aliphatic heterocycles. The van der Waals surface area contributed by atoms with Crippen LogP contribution in [0.25, 0.3) is 22.3 Å². The first-order valence-corrected chi connectivity index (χ1v) is 16.3. The molecule has 6 N–H and O–H groups in total. The van der Waals surface area contributed by atoms with E-state index >= 15 is 0 Å². The van der Waals surface area contributed by atoms with Gasteiger partial charge in [0, 0.05) is 33.1 Å². The summed E-state index contributed by atoms with van der Waals surface area (Å²) in [5.41, 5.74) is 8.18. The summed E-state index contributed by atoms with van der Waals surface area (Å²) in [5.74, 6) is -0.438. The molecule has 18 heteroatoms. The number of nitrogens with zero attached hydrogens (tertiary/aromatic N) is 8. The Hall–Kier alpha value is -5.46. The average molecular weight is 690 g/mol. The monoisotopic (exact) mass is 689 g/mol. The van der Waals surface area contributed by atoms with Crippen molar-refractivity contribution in [1.82, 2.24) is 43.5 Å². The zero-order valence-electron chi connectivity index (χ0n) is 28.0. The van der Waals surface area contributed by atoms with Gasteiger partial charge in [-0.1, -0.05) is 24.3 Å². The van der Waals surface area contributed by atoms with Crippen LogP contribution in [0.1, 0.15) is 44.0 Å². The lowest BCUT2D eigenvalue weighted by atomic mass is 10.1. The number of nitrogen functional groups attached to an aromatic ring is 1. The molecule has 1 saturated heterocycles. The lowest BCUT2D eigenvalue weighted by Gasteiger charge is -2.16. The molecule has 4 atom stereocenters. The van der Waals surface area contributed by atoms with Gasteiger partial charge < -0.3 is 30.6 Å². The first-order chi connectivity index (χ1) is 24.0. The molecule has 18 nitrogen and oxygen atoms in total. The Balaban J connectivity index is 1.12. The van der Waals surface area contributed by atoms with Crippen molar-refractivity contribution in [2.45, 2.75) is 77.7 Å². The Morgan fingerprint density at radius 3 is 2.32 bits per heavy atom. The average Bonchev–Trinajstić information content (AvgIpc) is 3.74. The summed E-state index contributed by atoms with van der Waals surface area (Å²) in [6.07, 6.45) is -3.03. The molecule has 1 fully saturated rings. The van der Waals surface area contributed by atoms with Crippen molar-refractivity contribution in [2.75, 3.05) is 17.6 Å². The van der Waals surface area contributed by atoms with E-state index in [9.17, 15) is 29.4 Å². The third kappa shape index (κ3) is 6.12. The molecule has 1 unspecified atom stereocenters. The Bertz CT molecular complexity index is 2200. The summed E-state index contributed by atoms with van der Waals surface area (Å²) in [7, 11) is 1.78. The fourth-order valence-corrected chi connectivity index (χ4v) is 6.19. The number of aliphatic hydroxyl groups excluding tert-OH is 2. The van der Waals surface area contributed by atoms with Gasteiger partial charge >= 0.3 is 5.69 Å². The van der Waals surface area contributed by atoms with Crippen LogP contribution < -0.4 is 27.6 Å². The maximum atomic E-state index is 13.0. The number of aromatic nitrogens is 8. The molecule has 0 spiro atoms. The van der Waals surface area contributed by atoms with Crippen LogP contribution in [0.4, 0.5) is 11.8 Å². The van der Waals surface area contributed by atoms with E-state index in [4.69, 9.17) is 10.5 Å². The molecule has 5 aromatic rings. The number of likely N-dealkylation sites (N-methyl/N-ethyl adjacent to an activating group) is 1. The molecule has 2 amide bonds. The van der Waals surface area contributed by atoms with Crippen molar-refractivity contribution in [1.29, 1.82) is 0 Å². The number of amides is 2. The van der Waals surface area contributed by atoms with Gasteiger partial charge in [-0.05, 0) is 38.3 Å². The molecule has 0 saturated carbocycles. The van der Waals surface area contributed by atoms with Crippen molar-refractivity contribution < 1.29 is 24.5 Å². The number of nitrogens with one attached hydrogen (secondary N) is 2. The molecular formula is C32H39N11O7. The maximum absolute atomic E-state index is 13.0. The molecule has 1 aliphatic rings. The smallest absolute Gasteiger partial charge is 0.332 e. The third-order valence-corrected chi connectivity index (χ3v) is 8.81. The number of benzene rings is 1.